The van der Waals surface area contributed by atoms with E-state index in [1.54, 1.807) is 0 Å². The molecule has 0 spiro atoms. The molecule has 0 radical (unpaired) electrons. The van der Waals surface area contributed by atoms with E-state index in [1.807, 2.05) is 13.8 Å². The highest BCUT2D eigenvalue weighted by Gasteiger charge is 2.12. The van der Waals surface area contributed by atoms with Gasteiger partial charge in [-0.25, -0.2) is 0 Å². The molecule has 0 aliphatic rings. The molecule has 0 saturated carbocycles. The maximum atomic E-state index is 10.7. The minimum absolute atomic E-state index is 0.00662. The summed E-state index contributed by atoms with van der Waals surface area (Å²) in [6, 6.07) is 0. The fraction of sp³-hybridized carbons (Fsp3) is 1.00. The SMILES string of the molecule is CCOCC(COS(C)(=O)=O)OCC. The van der Waals surface area contributed by atoms with Gasteiger partial charge in [-0.05, 0) is 13.8 Å². The van der Waals surface area contributed by atoms with Crippen LogP contribution in [0.2, 0.25) is 0 Å². The van der Waals surface area contributed by atoms with Gasteiger partial charge in [-0.1, -0.05) is 0 Å². The second-order valence-electron chi connectivity index (χ2n) is 2.73. The molecule has 6 heteroatoms. The van der Waals surface area contributed by atoms with Gasteiger partial charge in [0.25, 0.3) is 10.1 Å². The summed E-state index contributed by atoms with van der Waals surface area (Å²) in [5, 5.41) is 0. The van der Waals surface area contributed by atoms with Crippen molar-refractivity contribution < 1.29 is 22.1 Å². The Balaban J connectivity index is 3.84. The van der Waals surface area contributed by atoms with Gasteiger partial charge in [0.1, 0.15) is 6.10 Å². The molecule has 0 amide bonds. The van der Waals surface area contributed by atoms with Crippen LogP contribution in [-0.4, -0.2) is 47.2 Å². The lowest BCUT2D eigenvalue weighted by atomic mass is 10.4. The molecule has 1 atom stereocenters. The van der Waals surface area contributed by atoms with Crippen LogP contribution in [0.4, 0.5) is 0 Å². The number of ether oxygens (including phenoxy) is 2. The quantitative estimate of drug-likeness (QED) is 0.561. The molecule has 0 aromatic rings. The minimum Gasteiger partial charge on any atom is -0.379 e. The van der Waals surface area contributed by atoms with Crippen LogP contribution in [0.5, 0.6) is 0 Å². The fourth-order valence-corrected chi connectivity index (χ4v) is 1.23. The second kappa shape index (κ2) is 7.17. The Morgan fingerprint density at radius 1 is 1.14 bits per heavy atom. The summed E-state index contributed by atoms with van der Waals surface area (Å²) in [6.07, 6.45) is 0.686. The molecule has 14 heavy (non-hydrogen) atoms. The van der Waals surface area contributed by atoms with Crippen molar-refractivity contribution in [1.29, 1.82) is 0 Å². The van der Waals surface area contributed by atoms with Crippen LogP contribution in [0.15, 0.2) is 0 Å². The Morgan fingerprint density at radius 2 is 1.79 bits per heavy atom. The summed E-state index contributed by atoms with van der Waals surface area (Å²) in [6.45, 7) is 5.12. The molecule has 0 aliphatic carbocycles. The zero-order chi connectivity index (χ0) is 11.0. The van der Waals surface area contributed by atoms with Gasteiger partial charge in [0, 0.05) is 13.2 Å². The first-order valence-corrected chi connectivity index (χ1v) is 6.35. The van der Waals surface area contributed by atoms with Gasteiger partial charge in [0.15, 0.2) is 0 Å². The molecular weight excluding hydrogens is 208 g/mol. The molecule has 5 nitrogen and oxygen atoms in total. The summed E-state index contributed by atoms with van der Waals surface area (Å²) in [5.74, 6) is 0. The lowest BCUT2D eigenvalue weighted by Crippen LogP contribution is -2.27. The van der Waals surface area contributed by atoms with Gasteiger partial charge in [0.05, 0.1) is 19.5 Å². The maximum absolute atomic E-state index is 10.7. The highest BCUT2D eigenvalue weighted by atomic mass is 32.2. The van der Waals surface area contributed by atoms with Crippen LogP contribution in [0.3, 0.4) is 0 Å². The molecule has 86 valence electrons. The average Bonchev–Trinajstić information content (AvgIpc) is 2.08. The Hall–Kier alpha value is -0.170. The highest BCUT2D eigenvalue weighted by Crippen LogP contribution is 1.98. The van der Waals surface area contributed by atoms with Crippen LogP contribution in [-0.2, 0) is 23.8 Å². The summed E-state index contributed by atoms with van der Waals surface area (Å²) in [5.41, 5.74) is 0. The van der Waals surface area contributed by atoms with Crippen molar-refractivity contribution in [2.45, 2.75) is 20.0 Å². The van der Waals surface area contributed by atoms with Crippen molar-refractivity contribution in [3.8, 4) is 0 Å². The van der Waals surface area contributed by atoms with Crippen LogP contribution < -0.4 is 0 Å². The van der Waals surface area contributed by atoms with E-state index in [4.69, 9.17) is 9.47 Å². The predicted octanol–water partition coefficient (Wildman–Crippen LogP) is 0.404. The third-order valence-electron chi connectivity index (χ3n) is 1.38. The van der Waals surface area contributed by atoms with E-state index < -0.39 is 10.1 Å². The van der Waals surface area contributed by atoms with E-state index in [2.05, 4.69) is 4.18 Å². The van der Waals surface area contributed by atoms with Gasteiger partial charge in [-0.3, -0.25) is 4.18 Å². The van der Waals surface area contributed by atoms with Crippen LogP contribution in [0.25, 0.3) is 0 Å². The van der Waals surface area contributed by atoms with E-state index >= 15 is 0 Å². The number of rotatable bonds is 8. The third kappa shape index (κ3) is 8.43. The van der Waals surface area contributed by atoms with Crippen molar-refractivity contribution in [3.63, 3.8) is 0 Å². The maximum Gasteiger partial charge on any atom is 0.264 e. The first kappa shape index (κ1) is 13.8. The normalized spacial score (nSPS) is 14.2. The van der Waals surface area contributed by atoms with E-state index in [0.717, 1.165) is 6.26 Å². The molecule has 0 aromatic carbocycles. The average molecular weight is 226 g/mol. The Labute approximate surface area is 85.5 Å². The summed E-state index contributed by atoms with van der Waals surface area (Å²) >= 11 is 0. The molecule has 0 bridgehead atoms. The van der Waals surface area contributed by atoms with Crippen molar-refractivity contribution in [3.05, 3.63) is 0 Å². The third-order valence-corrected chi connectivity index (χ3v) is 1.94. The second-order valence-corrected chi connectivity index (χ2v) is 4.37. The molecule has 0 aliphatic heterocycles. The van der Waals surface area contributed by atoms with Gasteiger partial charge >= 0.3 is 0 Å². The highest BCUT2D eigenvalue weighted by molar-refractivity contribution is 7.85. The van der Waals surface area contributed by atoms with Gasteiger partial charge < -0.3 is 9.47 Å². The van der Waals surface area contributed by atoms with E-state index in [1.165, 1.54) is 0 Å². The van der Waals surface area contributed by atoms with E-state index in [9.17, 15) is 8.42 Å². The first-order valence-electron chi connectivity index (χ1n) is 4.53. The number of hydrogen-bond donors (Lipinski definition) is 0. The first-order chi connectivity index (χ1) is 6.49. The zero-order valence-electron chi connectivity index (χ0n) is 8.86. The molecule has 0 aromatic heterocycles. The molecule has 0 saturated heterocycles. The van der Waals surface area contributed by atoms with Gasteiger partial charge in [0.2, 0.25) is 0 Å². The minimum atomic E-state index is -3.40. The van der Waals surface area contributed by atoms with Crippen molar-refractivity contribution in [2.24, 2.45) is 0 Å². The van der Waals surface area contributed by atoms with Gasteiger partial charge in [-0.15, -0.1) is 0 Å². The number of hydrogen-bond acceptors (Lipinski definition) is 5. The molecule has 0 rings (SSSR count). The Morgan fingerprint density at radius 3 is 2.21 bits per heavy atom. The van der Waals surface area contributed by atoms with E-state index in [0.29, 0.717) is 19.8 Å². The molecule has 0 N–H and O–H groups in total. The van der Waals surface area contributed by atoms with Gasteiger partial charge in [-0.2, -0.15) is 8.42 Å². The standard InChI is InChI=1S/C8H18O5S/c1-4-11-6-8(12-5-2)7-13-14(3,9)10/h8H,4-7H2,1-3H3. The van der Waals surface area contributed by atoms with Crippen molar-refractivity contribution in [1.82, 2.24) is 0 Å². The zero-order valence-corrected chi connectivity index (χ0v) is 9.67. The largest absolute Gasteiger partial charge is 0.379 e. The molecule has 0 fully saturated rings. The lowest BCUT2D eigenvalue weighted by molar-refractivity contribution is -0.0289. The lowest BCUT2D eigenvalue weighted by Gasteiger charge is -2.15. The molecular formula is C8H18O5S. The fourth-order valence-electron chi connectivity index (χ4n) is 0.829. The topological polar surface area (TPSA) is 61.8 Å². The van der Waals surface area contributed by atoms with Crippen molar-refractivity contribution in [2.75, 3.05) is 32.7 Å². The van der Waals surface area contributed by atoms with Crippen LogP contribution in [0.1, 0.15) is 13.8 Å². The van der Waals surface area contributed by atoms with E-state index in [-0.39, 0.29) is 12.7 Å². The monoisotopic (exact) mass is 226 g/mol. The molecule has 0 heterocycles. The van der Waals surface area contributed by atoms with Crippen LogP contribution in [0, 0.1) is 0 Å². The summed E-state index contributed by atoms with van der Waals surface area (Å²) < 4.78 is 36.3. The smallest absolute Gasteiger partial charge is 0.264 e. The Kier molecular flexibility index (Phi) is 7.08. The molecule has 1 unspecified atom stereocenters. The van der Waals surface area contributed by atoms with Crippen LogP contribution >= 0.6 is 0 Å². The predicted molar refractivity (Wildman–Crippen MR) is 52.7 cm³/mol. The van der Waals surface area contributed by atoms with Crippen molar-refractivity contribution >= 4 is 10.1 Å². The summed E-state index contributed by atoms with van der Waals surface area (Å²) in [7, 11) is -3.40. The summed E-state index contributed by atoms with van der Waals surface area (Å²) in [4.78, 5) is 0. The Bertz CT molecular complexity index is 224.